The van der Waals surface area contributed by atoms with E-state index >= 15 is 0 Å². The molecule has 0 unspecified atom stereocenters. The van der Waals surface area contributed by atoms with Crippen LogP contribution in [0.1, 0.15) is 29.2 Å². The highest BCUT2D eigenvalue weighted by Crippen LogP contribution is 2.19. The van der Waals surface area contributed by atoms with Crippen LogP contribution >= 0.6 is 0 Å². The van der Waals surface area contributed by atoms with Crippen molar-refractivity contribution in [3.63, 3.8) is 0 Å². The summed E-state index contributed by atoms with van der Waals surface area (Å²) >= 11 is 0. The van der Waals surface area contributed by atoms with Crippen molar-refractivity contribution in [2.24, 2.45) is 11.7 Å². The predicted octanol–water partition coefficient (Wildman–Crippen LogP) is 1.73. The van der Waals surface area contributed by atoms with Crippen LogP contribution in [0, 0.1) is 11.7 Å². The van der Waals surface area contributed by atoms with Crippen LogP contribution < -0.4 is 10.5 Å². The van der Waals surface area contributed by atoms with Crippen molar-refractivity contribution in [1.29, 1.82) is 0 Å². The molecule has 0 radical (unpaired) electrons. The molecule has 0 spiro atoms. The van der Waals surface area contributed by atoms with E-state index in [0.29, 0.717) is 25.1 Å². The van der Waals surface area contributed by atoms with E-state index in [1.54, 1.807) is 11.0 Å². The third kappa shape index (κ3) is 4.14. The fraction of sp³-hybridized carbons (Fsp3) is 0.353. The van der Waals surface area contributed by atoms with Crippen molar-refractivity contribution < 1.29 is 23.1 Å². The number of rotatable bonds is 5. The molecule has 0 aliphatic carbocycles. The molecule has 3 rings (SSSR count). The summed E-state index contributed by atoms with van der Waals surface area (Å²) in [6.07, 6.45) is 2.65. The van der Waals surface area contributed by atoms with Crippen molar-refractivity contribution in [2.75, 3.05) is 13.1 Å². The van der Waals surface area contributed by atoms with E-state index in [1.165, 1.54) is 24.5 Å². The van der Waals surface area contributed by atoms with Crippen LogP contribution in [-0.4, -0.2) is 34.8 Å². The highest BCUT2D eigenvalue weighted by Gasteiger charge is 2.29. The number of ether oxygens (including phenoxy) is 1. The zero-order chi connectivity index (χ0) is 17.8. The number of nitrogens with zero attached hydrogens (tertiary/aromatic N) is 2. The molecule has 0 bridgehead atoms. The summed E-state index contributed by atoms with van der Waals surface area (Å²) in [4.78, 5) is 29.4. The molecule has 7 nitrogen and oxygen atoms in total. The van der Waals surface area contributed by atoms with Crippen molar-refractivity contribution in [3.8, 4) is 5.75 Å². The lowest BCUT2D eigenvalue weighted by atomic mass is 9.97. The number of nitrogens with two attached hydrogens (primary N) is 1. The Hall–Kier alpha value is -2.90. The van der Waals surface area contributed by atoms with Gasteiger partial charge in [0.25, 0.3) is 5.91 Å². The molecule has 1 aromatic heterocycles. The first-order valence-electron chi connectivity index (χ1n) is 7.94. The lowest BCUT2D eigenvalue weighted by molar-refractivity contribution is -0.123. The van der Waals surface area contributed by atoms with Crippen molar-refractivity contribution >= 4 is 11.8 Å². The van der Waals surface area contributed by atoms with E-state index in [9.17, 15) is 14.0 Å². The topological polar surface area (TPSA) is 98.7 Å². The Labute approximate surface area is 143 Å². The van der Waals surface area contributed by atoms with E-state index in [1.807, 2.05) is 0 Å². The smallest absolute Gasteiger partial charge is 0.275 e. The van der Waals surface area contributed by atoms with Crippen molar-refractivity contribution in [3.05, 3.63) is 47.9 Å². The number of piperidine rings is 1. The zero-order valence-electron chi connectivity index (χ0n) is 13.5. The fourth-order valence-corrected chi connectivity index (χ4v) is 2.73. The third-order valence-corrected chi connectivity index (χ3v) is 4.04. The molecule has 0 saturated carbocycles. The fourth-order valence-electron chi connectivity index (χ4n) is 2.73. The Bertz CT molecular complexity index is 777. The Balaban J connectivity index is 1.60. The lowest BCUT2D eigenvalue weighted by Gasteiger charge is -2.30. The number of oxazole rings is 1. The standard InChI is InChI=1S/C17H18FN3O4/c18-12-4-1-5-13(7-12)24-10-15-20-14(9-25-15)17(23)21-6-2-3-11(8-21)16(19)22/h1,4-5,7,9,11H,2-3,6,8,10H2,(H2,19,22)/t11-/m1/s1. The molecule has 1 atom stereocenters. The number of primary amides is 1. The van der Waals surface area contributed by atoms with Crippen LogP contribution in [0.15, 0.2) is 34.9 Å². The zero-order valence-corrected chi connectivity index (χ0v) is 13.5. The van der Waals surface area contributed by atoms with E-state index in [-0.39, 0.29) is 36.6 Å². The summed E-state index contributed by atoms with van der Waals surface area (Å²) in [5.41, 5.74) is 5.47. The van der Waals surface area contributed by atoms with Gasteiger partial charge in [0.2, 0.25) is 11.8 Å². The van der Waals surface area contributed by atoms with Crippen LogP contribution in [0.5, 0.6) is 5.75 Å². The molecule has 2 amide bonds. The van der Waals surface area contributed by atoms with Crippen LogP contribution in [-0.2, 0) is 11.4 Å². The first kappa shape index (κ1) is 16.9. The molecular weight excluding hydrogens is 329 g/mol. The molecule has 132 valence electrons. The Morgan fingerprint density at radius 1 is 1.44 bits per heavy atom. The average Bonchev–Trinajstić information content (AvgIpc) is 3.08. The first-order valence-corrected chi connectivity index (χ1v) is 7.94. The maximum absolute atomic E-state index is 13.1. The second kappa shape index (κ2) is 7.33. The van der Waals surface area contributed by atoms with Crippen molar-refractivity contribution in [2.45, 2.75) is 19.4 Å². The summed E-state index contributed by atoms with van der Waals surface area (Å²) in [6.45, 7) is 0.807. The van der Waals surface area contributed by atoms with Crippen LogP contribution in [0.3, 0.4) is 0 Å². The summed E-state index contributed by atoms with van der Waals surface area (Å²) in [5.74, 6) is -0.911. The number of amides is 2. The van der Waals surface area contributed by atoms with E-state index in [0.717, 1.165) is 0 Å². The molecule has 8 heteroatoms. The van der Waals surface area contributed by atoms with Gasteiger partial charge in [-0.3, -0.25) is 9.59 Å². The molecule has 2 heterocycles. The van der Waals surface area contributed by atoms with Crippen molar-refractivity contribution in [1.82, 2.24) is 9.88 Å². The number of carbonyl (C=O) groups is 2. The first-order chi connectivity index (χ1) is 12.0. The molecule has 1 aromatic carbocycles. The maximum atomic E-state index is 13.1. The normalized spacial score (nSPS) is 17.3. The van der Waals surface area contributed by atoms with Gasteiger partial charge in [0.1, 0.15) is 17.8 Å². The molecule has 2 N–H and O–H groups in total. The van der Waals surface area contributed by atoms with Gasteiger partial charge >= 0.3 is 0 Å². The molecule has 1 aliphatic heterocycles. The molecule has 1 saturated heterocycles. The number of likely N-dealkylation sites (tertiary alicyclic amines) is 1. The quantitative estimate of drug-likeness (QED) is 0.888. The maximum Gasteiger partial charge on any atom is 0.275 e. The van der Waals surface area contributed by atoms with Gasteiger partial charge < -0.3 is 19.8 Å². The number of hydrogen-bond acceptors (Lipinski definition) is 5. The third-order valence-electron chi connectivity index (χ3n) is 4.04. The highest BCUT2D eigenvalue weighted by atomic mass is 19.1. The van der Waals surface area contributed by atoms with Gasteiger partial charge in [-0.15, -0.1) is 0 Å². The SMILES string of the molecule is NC(=O)[C@@H]1CCCN(C(=O)c2coc(COc3cccc(F)c3)n2)C1. The van der Waals surface area contributed by atoms with Gasteiger partial charge in [-0.05, 0) is 25.0 Å². The van der Waals surface area contributed by atoms with Gasteiger partial charge in [-0.2, -0.15) is 0 Å². The molecule has 1 fully saturated rings. The van der Waals surface area contributed by atoms with Crippen LogP contribution in [0.2, 0.25) is 0 Å². The highest BCUT2D eigenvalue weighted by molar-refractivity contribution is 5.92. The molecular formula is C17H18FN3O4. The van der Waals surface area contributed by atoms with Gasteiger partial charge in [-0.25, -0.2) is 9.37 Å². The molecule has 1 aliphatic rings. The number of halogens is 1. The van der Waals surface area contributed by atoms with E-state index < -0.39 is 11.7 Å². The van der Waals surface area contributed by atoms with Gasteiger partial charge in [-0.1, -0.05) is 6.07 Å². The average molecular weight is 347 g/mol. The lowest BCUT2D eigenvalue weighted by Crippen LogP contribution is -2.44. The Kier molecular flexibility index (Phi) is 4.97. The predicted molar refractivity (Wildman–Crippen MR) is 85.1 cm³/mol. The molecule has 25 heavy (non-hydrogen) atoms. The van der Waals surface area contributed by atoms with E-state index in [4.69, 9.17) is 14.9 Å². The largest absolute Gasteiger partial charge is 0.484 e. The summed E-state index contributed by atoms with van der Waals surface area (Å²) < 4.78 is 23.7. The summed E-state index contributed by atoms with van der Waals surface area (Å²) in [5, 5.41) is 0. The summed E-state index contributed by atoms with van der Waals surface area (Å²) in [6, 6.07) is 5.69. The second-order valence-electron chi connectivity index (χ2n) is 5.87. The Morgan fingerprint density at radius 2 is 2.28 bits per heavy atom. The summed E-state index contributed by atoms with van der Waals surface area (Å²) in [7, 11) is 0. The Morgan fingerprint density at radius 3 is 3.04 bits per heavy atom. The number of carbonyl (C=O) groups excluding carboxylic acids is 2. The minimum atomic E-state index is -0.408. The number of benzene rings is 1. The monoisotopic (exact) mass is 347 g/mol. The second-order valence-corrected chi connectivity index (χ2v) is 5.87. The van der Waals surface area contributed by atoms with Gasteiger partial charge in [0, 0.05) is 19.2 Å². The molecule has 2 aromatic rings. The number of hydrogen-bond donors (Lipinski definition) is 1. The van der Waals surface area contributed by atoms with Gasteiger partial charge in [0.15, 0.2) is 12.3 Å². The minimum Gasteiger partial charge on any atom is -0.484 e. The van der Waals surface area contributed by atoms with Crippen LogP contribution in [0.25, 0.3) is 0 Å². The van der Waals surface area contributed by atoms with E-state index in [2.05, 4.69) is 4.98 Å². The van der Waals surface area contributed by atoms with Gasteiger partial charge in [0.05, 0.1) is 5.92 Å². The van der Waals surface area contributed by atoms with Crippen LogP contribution in [0.4, 0.5) is 4.39 Å². The number of aromatic nitrogens is 1. The minimum absolute atomic E-state index is 0.0271.